The van der Waals surface area contributed by atoms with Crippen molar-refractivity contribution in [2.75, 3.05) is 10.6 Å². The quantitative estimate of drug-likeness (QED) is 0.433. The number of primary amides is 1. The number of alkyl carbamates (subject to hydrolysis) is 1. The highest BCUT2D eigenvalue weighted by Crippen LogP contribution is 2.26. The van der Waals surface area contributed by atoms with Crippen molar-refractivity contribution in [3.8, 4) is 0 Å². The monoisotopic (exact) mass is 466 g/mol. The van der Waals surface area contributed by atoms with E-state index in [1.165, 1.54) is 6.20 Å². The number of rotatable bonds is 6. The molecule has 3 aromatic heterocycles. The second-order valence-electron chi connectivity index (χ2n) is 9.32. The minimum atomic E-state index is -0.694. The summed E-state index contributed by atoms with van der Waals surface area (Å²) in [4.78, 5) is 33.1. The van der Waals surface area contributed by atoms with Crippen LogP contribution in [-0.4, -0.2) is 49.3 Å². The number of pyridine rings is 1. The molecule has 1 saturated carbocycles. The first-order chi connectivity index (χ1) is 16.2. The minimum Gasteiger partial charge on any atom is -0.444 e. The van der Waals surface area contributed by atoms with Gasteiger partial charge in [0.1, 0.15) is 11.4 Å². The lowest BCUT2D eigenvalue weighted by molar-refractivity contribution is 0.0488. The van der Waals surface area contributed by atoms with Gasteiger partial charge < -0.3 is 26.4 Å². The number of carbonyl (C=O) groups is 2. The number of fused-ring (bicyclic) bond motifs is 1. The van der Waals surface area contributed by atoms with Gasteiger partial charge in [0.15, 0.2) is 11.5 Å². The number of ether oxygens (including phenoxy) is 1. The first-order valence-electron chi connectivity index (χ1n) is 11.3. The average Bonchev–Trinajstić information content (AvgIpc) is 3.17. The summed E-state index contributed by atoms with van der Waals surface area (Å²) in [5, 5.41) is 13.8. The standard InChI is InChI=1S/C23H30N8O3/c1-23(2,3)34-22(33)29-15-9-5-4-8-14(15)27-18-13-25-19(20(24)32)21(30-18)28-16-12-26-31-11-7-6-10-17(16)31/h6-7,10-15H,4-5,8-9H2,1-3H3,(H2,24,32)(H,29,33)(H2,27,28,30)/t14-,15+/m1/s1. The molecule has 0 unspecified atom stereocenters. The number of amides is 2. The summed E-state index contributed by atoms with van der Waals surface area (Å²) < 4.78 is 7.12. The molecule has 2 amide bonds. The largest absolute Gasteiger partial charge is 0.444 e. The third kappa shape index (κ3) is 5.53. The Morgan fingerprint density at radius 1 is 1.15 bits per heavy atom. The van der Waals surface area contributed by atoms with E-state index in [9.17, 15) is 9.59 Å². The van der Waals surface area contributed by atoms with Gasteiger partial charge in [-0.15, -0.1) is 0 Å². The van der Waals surface area contributed by atoms with E-state index < -0.39 is 17.6 Å². The van der Waals surface area contributed by atoms with Gasteiger partial charge in [0.25, 0.3) is 5.91 Å². The van der Waals surface area contributed by atoms with Gasteiger partial charge in [-0.05, 0) is 45.7 Å². The van der Waals surface area contributed by atoms with Crippen molar-refractivity contribution < 1.29 is 14.3 Å². The highest BCUT2D eigenvalue weighted by atomic mass is 16.6. The average molecular weight is 467 g/mol. The molecule has 1 aliphatic carbocycles. The third-order valence-electron chi connectivity index (χ3n) is 5.49. The van der Waals surface area contributed by atoms with Crippen LogP contribution in [0.15, 0.2) is 36.8 Å². The van der Waals surface area contributed by atoms with Crippen LogP contribution in [0.4, 0.5) is 22.1 Å². The number of carbonyl (C=O) groups excluding carboxylic acids is 2. The van der Waals surface area contributed by atoms with Crippen LogP contribution in [0.2, 0.25) is 0 Å². The summed E-state index contributed by atoms with van der Waals surface area (Å²) in [7, 11) is 0. The van der Waals surface area contributed by atoms with Crippen LogP contribution in [0.5, 0.6) is 0 Å². The molecule has 3 heterocycles. The van der Waals surface area contributed by atoms with Gasteiger partial charge in [-0.2, -0.15) is 5.10 Å². The van der Waals surface area contributed by atoms with Crippen molar-refractivity contribution in [2.45, 2.75) is 64.1 Å². The van der Waals surface area contributed by atoms with E-state index in [1.54, 1.807) is 10.7 Å². The lowest BCUT2D eigenvalue weighted by Gasteiger charge is -2.33. The Balaban J connectivity index is 1.54. The summed E-state index contributed by atoms with van der Waals surface area (Å²) in [5.74, 6) is -0.00395. The van der Waals surface area contributed by atoms with Crippen molar-refractivity contribution in [3.63, 3.8) is 0 Å². The first-order valence-corrected chi connectivity index (χ1v) is 11.3. The Bertz CT molecular complexity index is 1190. The summed E-state index contributed by atoms with van der Waals surface area (Å²) in [6.45, 7) is 5.49. The molecule has 1 fully saturated rings. The molecule has 2 atom stereocenters. The van der Waals surface area contributed by atoms with Crippen LogP contribution in [0.3, 0.4) is 0 Å². The van der Waals surface area contributed by atoms with Gasteiger partial charge in [-0.25, -0.2) is 19.3 Å². The smallest absolute Gasteiger partial charge is 0.407 e. The third-order valence-corrected chi connectivity index (χ3v) is 5.49. The van der Waals surface area contributed by atoms with Gasteiger partial charge in [-0.1, -0.05) is 18.9 Å². The molecule has 0 saturated heterocycles. The van der Waals surface area contributed by atoms with E-state index in [0.717, 1.165) is 31.2 Å². The molecule has 4 rings (SSSR count). The van der Waals surface area contributed by atoms with Gasteiger partial charge in [0, 0.05) is 12.2 Å². The fourth-order valence-corrected chi connectivity index (χ4v) is 4.01. The molecule has 0 spiro atoms. The summed E-state index contributed by atoms with van der Waals surface area (Å²) in [5.41, 5.74) is 6.46. The molecule has 11 nitrogen and oxygen atoms in total. The van der Waals surface area contributed by atoms with Crippen LogP contribution < -0.4 is 21.7 Å². The maximum absolute atomic E-state index is 12.3. The van der Waals surface area contributed by atoms with Crippen molar-refractivity contribution in [1.82, 2.24) is 24.9 Å². The number of nitrogens with two attached hydrogens (primary N) is 1. The van der Waals surface area contributed by atoms with E-state index >= 15 is 0 Å². The van der Waals surface area contributed by atoms with Crippen molar-refractivity contribution in [2.24, 2.45) is 5.73 Å². The molecule has 5 N–H and O–H groups in total. The zero-order valence-corrected chi connectivity index (χ0v) is 19.5. The van der Waals surface area contributed by atoms with E-state index in [4.69, 9.17) is 10.5 Å². The number of anilines is 3. The number of hydrogen-bond donors (Lipinski definition) is 4. The Hall–Kier alpha value is -3.89. The Morgan fingerprint density at radius 3 is 2.65 bits per heavy atom. The SMILES string of the molecule is CC(C)(C)OC(=O)N[C@H]1CCCC[C@H]1Nc1cnc(C(N)=O)c(Nc2cnn3ccccc23)n1. The fraction of sp³-hybridized carbons (Fsp3) is 0.435. The van der Waals surface area contributed by atoms with Gasteiger partial charge in [-0.3, -0.25) is 4.79 Å². The molecule has 180 valence electrons. The number of nitrogens with one attached hydrogen (secondary N) is 3. The predicted molar refractivity (Wildman–Crippen MR) is 128 cm³/mol. The molecule has 0 radical (unpaired) electrons. The van der Waals surface area contributed by atoms with E-state index in [2.05, 4.69) is 31.0 Å². The van der Waals surface area contributed by atoms with Gasteiger partial charge in [0.2, 0.25) is 0 Å². The highest BCUT2D eigenvalue weighted by molar-refractivity contribution is 5.97. The van der Waals surface area contributed by atoms with Crippen LogP contribution in [0.25, 0.3) is 5.52 Å². The molecule has 34 heavy (non-hydrogen) atoms. The zero-order chi connectivity index (χ0) is 24.3. The lowest BCUT2D eigenvalue weighted by Crippen LogP contribution is -2.49. The fourth-order valence-electron chi connectivity index (χ4n) is 4.01. The van der Waals surface area contributed by atoms with E-state index in [0.29, 0.717) is 11.5 Å². The Morgan fingerprint density at radius 2 is 1.91 bits per heavy atom. The summed E-state index contributed by atoms with van der Waals surface area (Å²) >= 11 is 0. The molecule has 3 aromatic rings. The minimum absolute atomic E-state index is 0.0212. The molecule has 0 bridgehead atoms. The normalized spacial score (nSPS) is 18.3. The van der Waals surface area contributed by atoms with Crippen LogP contribution >= 0.6 is 0 Å². The van der Waals surface area contributed by atoms with Crippen molar-refractivity contribution >= 4 is 34.8 Å². The maximum Gasteiger partial charge on any atom is 0.407 e. The molecule has 0 aromatic carbocycles. The molecule has 1 aliphatic rings. The topological polar surface area (TPSA) is 149 Å². The van der Waals surface area contributed by atoms with Gasteiger partial charge >= 0.3 is 6.09 Å². The number of hydrogen-bond acceptors (Lipinski definition) is 8. The number of aromatic nitrogens is 4. The van der Waals surface area contributed by atoms with Crippen LogP contribution in [-0.2, 0) is 4.74 Å². The second kappa shape index (κ2) is 9.54. The van der Waals surface area contributed by atoms with Crippen LogP contribution in [0, 0.1) is 0 Å². The van der Waals surface area contributed by atoms with Crippen molar-refractivity contribution in [1.29, 1.82) is 0 Å². The Kier molecular flexibility index (Phi) is 6.53. The lowest BCUT2D eigenvalue weighted by atomic mass is 9.90. The number of nitrogens with zero attached hydrogens (tertiary/aromatic N) is 4. The molecule has 11 heteroatoms. The maximum atomic E-state index is 12.3. The van der Waals surface area contributed by atoms with E-state index in [-0.39, 0.29) is 23.6 Å². The highest BCUT2D eigenvalue weighted by Gasteiger charge is 2.29. The van der Waals surface area contributed by atoms with Crippen molar-refractivity contribution in [3.05, 3.63) is 42.5 Å². The van der Waals surface area contributed by atoms with Crippen LogP contribution in [0.1, 0.15) is 56.9 Å². The molecule has 0 aliphatic heterocycles. The first kappa shape index (κ1) is 23.3. The summed E-state index contributed by atoms with van der Waals surface area (Å²) in [6, 6.07) is 5.46. The Labute approximate surface area is 197 Å². The second-order valence-corrected chi connectivity index (χ2v) is 9.32. The molecular weight excluding hydrogens is 436 g/mol. The molecular formula is C23H30N8O3. The van der Waals surface area contributed by atoms with Gasteiger partial charge in [0.05, 0.1) is 29.6 Å². The summed E-state index contributed by atoms with van der Waals surface area (Å²) in [6.07, 6.45) is 8.17. The van der Waals surface area contributed by atoms with E-state index in [1.807, 2.05) is 45.2 Å². The predicted octanol–water partition coefficient (Wildman–Crippen LogP) is 3.21. The zero-order valence-electron chi connectivity index (χ0n) is 19.5.